The Kier molecular flexibility index (Phi) is 34.0. The van der Waals surface area contributed by atoms with Crippen molar-refractivity contribution in [2.75, 3.05) is 41.0 Å². The minimum absolute atomic E-state index is 0.0376. The molecular weight excluding hydrogens is 666 g/mol. The van der Waals surface area contributed by atoms with Crippen LogP contribution in [0.4, 0.5) is 0 Å². The molecule has 0 amide bonds. The van der Waals surface area contributed by atoms with E-state index in [2.05, 4.69) is 74.6 Å². The van der Waals surface area contributed by atoms with Crippen molar-refractivity contribution in [1.29, 1.82) is 0 Å². The van der Waals surface area contributed by atoms with Crippen LogP contribution in [0.1, 0.15) is 155 Å². The van der Waals surface area contributed by atoms with Crippen molar-refractivity contribution in [3.63, 3.8) is 0 Å². The van der Waals surface area contributed by atoms with Gasteiger partial charge in [-0.2, -0.15) is 0 Å². The third-order valence-electron chi connectivity index (χ3n) is 8.93. The van der Waals surface area contributed by atoms with Crippen LogP contribution in [0.15, 0.2) is 60.8 Å². The van der Waals surface area contributed by atoms with Gasteiger partial charge in [-0.1, -0.05) is 145 Å². The fourth-order valence-electron chi connectivity index (χ4n) is 5.71. The van der Waals surface area contributed by atoms with Gasteiger partial charge >= 0.3 is 17.9 Å². The van der Waals surface area contributed by atoms with E-state index in [0.29, 0.717) is 19.3 Å². The zero-order chi connectivity index (χ0) is 39.3. The predicted octanol–water partition coefficient (Wildman–Crippen LogP) is 11.0. The molecule has 0 rings (SSSR count). The quantitative estimate of drug-likeness (QED) is 0.0295. The Labute approximate surface area is 324 Å². The number of nitrogens with zero attached hydrogens (tertiary/aromatic N) is 1. The first-order valence-corrected chi connectivity index (χ1v) is 20.8. The van der Waals surface area contributed by atoms with E-state index in [1.807, 2.05) is 21.1 Å². The standard InChI is InChI=1S/C45H77NO7/c1-6-8-10-12-14-16-18-20-21-22-23-24-26-28-30-32-34-36-44(48)53-41(39-51-38-37-42(45(49)50)46(3,4)5)40-52-43(47)35-33-31-29-27-25-19-17-15-13-11-9-7-2/h8,10,14,16,20-21,23-24,28,30,41-42H,6-7,9,11-13,15,17-19,22,25-27,29,31-40H2,1-5H3/p+1/b10-8-,16-14-,21-20-,24-23-,30-28-. The molecule has 0 aliphatic rings. The summed E-state index contributed by atoms with van der Waals surface area (Å²) in [7, 11) is 5.50. The van der Waals surface area contributed by atoms with Crippen molar-refractivity contribution >= 4 is 17.9 Å². The molecule has 0 aromatic rings. The van der Waals surface area contributed by atoms with Crippen molar-refractivity contribution in [3.05, 3.63) is 60.8 Å². The largest absolute Gasteiger partial charge is 0.477 e. The molecule has 0 aromatic carbocycles. The zero-order valence-electron chi connectivity index (χ0n) is 34.4. The Balaban J connectivity index is 4.49. The number of likely N-dealkylation sites (N-methyl/N-ethyl adjacent to an activating group) is 1. The number of aliphatic carboxylic acids is 1. The molecule has 0 saturated carbocycles. The monoisotopic (exact) mass is 745 g/mol. The minimum atomic E-state index is -0.886. The SMILES string of the molecule is CC/C=C\C/C=C\C/C=C\C/C=C\C/C=C\CCCC(=O)OC(COCCC(C(=O)O)[N+](C)(C)C)COC(=O)CCCCCCCCCCCCCC. The lowest BCUT2D eigenvalue weighted by molar-refractivity contribution is -0.887. The summed E-state index contributed by atoms with van der Waals surface area (Å²) in [5.41, 5.74) is 0. The third-order valence-corrected chi connectivity index (χ3v) is 8.93. The molecule has 2 unspecified atom stereocenters. The first kappa shape index (κ1) is 50.0. The van der Waals surface area contributed by atoms with E-state index in [9.17, 15) is 19.5 Å². The fraction of sp³-hybridized carbons (Fsp3) is 0.711. The second-order valence-corrected chi connectivity index (χ2v) is 14.9. The number of carboxylic acids is 1. The molecule has 53 heavy (non-hydrogen) atoms. The maximum Gasteiger partial charge on any atom is 0.362 e. The van der Waals surface area contributed by atoms with E-state index in [1.54, 1.807) is 0 Å². The van der Waals surface area contributed by atoms with Crippen LogP contribution in [0.5, 0.6) is 0 Å². The molecule has 0 bridgehead atoms. The second-order valence-electron chi connectivity index (χ2n) is 14.9. The number of allylic oxidation sites excluding steroid dienone is 10. The summed E-state index contributed by atoms with van der Waals surface area (Å²) in [4.78, 5) is 36.9. The van der Waals surface area contributed by atoms with Crippen LogP contribution in [0.3, 0.4) is 0 Å². The van der Waals surface area contributed by atoms with Gasteiger partial charge in [-0.25, -0.2) is 4.79 Å². The van der Waals surface area contributed by atoms with Crippen LogP contribution in [0.2, 0.25) is 0 Å². The highest BCUT2D eigenvalue weighted by Gasteiger charge is 2.31. The van der Waals surface area contributed by atoms with Gasteiger partial charge in [-0.3, -0.25) is 9.59 Å². The average Bonchev–Trinajstić information content (AvgIpc) is 3.11. The summed E-state index contributed by atoms with van der Waals surface area (Å²) < 4.78 is 17.2. The Morgan fingerprint density at radius 2 is 1.06 bits per heavy atom. The Hall–Kier alpha value is -2.97. The summed E-state index contributed by atoms with van der Waals surface area (Å²) in [6.45, 7) is 4.54. The number of carbonyl (C=O) groups excluding carboxylic acids is 2. The number of carbonyl (C=O) groups is 3. The number of carboxylic acid groups (broad SMARTS) is 1. The van der Waals surface area contributed by atoms with Crippen LogP contribution in [-0.4, -0.2) is 80.6 Å². The molecule has 0 fully saturated rings. The van der Waals surface area contributed by atoms with Gasteiger partial charge < -0.3 is 23.8 Å². The molecule has 0 heterocycles. The van der Waals surface area contributed by atoms with Crippen molar-refractivity contribution in [1.82, 2.24) is 0 Å². The van der Waals surface area contributed by atoms with Gasteiger partial charge in [0, 0.05) is 19.3 Å². The molecule has 2 atom stereocenters. The van der Waals surface area contributed by atoms with Gasteiger partial charge in [-0.15, -0.1) is 0 Å². The van der Waals surface area contributed by atoms with E-state index in [1.165, 1.54) is 57.8 Å². The topological polar surface area (TPSA) is 99.1 Å². The first-order valence-electron chi connectivity index (χ1n) is 20.8. The molecule has 0 saturated heterocycles. The highest BCUT2D eigenvalue weighted by molar-refractivity contribution is 5.72. The van der Waals surface area contributed by atoms with Gasteiger partial charge in [0.1, 0.15) is 6.61 Å². The molecule has 8 nitrogen and oxygen atoms in total. The highest BCUT2D eigenvalue weighted by Crippen LogP contribution is 2.14. The Morgan fingerprint density at radius 3 is 1.55 bits per heavy atom. The summed E-state index contributed by atoms with van der Waals surface area (Å²) >= 11 is 0. The van der Waals surface area contributed by atoms with Crippen LogP contribution in [0, 0.1) is 0 Å². The minimum Gasteiger partial charge on any atom is -0.477 e. The third kappa shape index (κ3) is 34.5. The number of unbranched alkanes of at least 4 members (excludes halogenated alkanes) is 12. The van der Waals surface area contributed by atoms with E-state index >= 15 is 0 Å². The predicted molar refractivity (Wildman–Crippen MR) is 220 cm³/mol. The number of hydrogen-bond donors (Lipinski definition) is 1. The molecule has 0 aliphatic carbocycles. The molecule has 304 valence electrons. The van der Waals surface area contributed by atoms with E-state index in [-0.39, 0.29) is 42.7 Å². The molecule has 8 heteroatoms. The molecule has 0 aliphatic heterocycles. The van der Waals surface area contributed by atoms with Gasteiger partial charge in [0.25, 0.3) is 0 Å². The summed E-state index contributed by atoms with van der Waals surface area (Å²) in [6, 6.07) is -0.625. The van der Waals surface area contributed by atoms with Crippen LogP contribution in [-0.2, 0) is 28.6 Å². The molecule has 0 spiro atoms. The highest BCUT2D eigenvalue weighted by atomic mass is 16.6. The number of hydrogen-bond acceptors (Lipinski definition) is 6. The first-order chi connectivity index (χ1) is 25.6. The summed E-state index contributed by atoms with van der Waals surface area (Å²) in [5.74, 6) is -1.55. The molecular formula is C45H78NO7+. The zero-order valence-corrected chi connectivity index (χ0v) is 34.4. The maximum atomic E-state index is 12.7. The lowest BCUT2D eigenvalue weighted by Crippen LogP contribution is -2.50. The van der Waals surface area contributed by atoms with Crippen molar-refractivity contribution in [2.45, 2.75) is 167 Å². The fourth-order valence-corrected chi connectivity index (χ4v) is 5.71. The number of esters is 2. The molecule has 0 aromatic heterocycles. The Bertz CT molecular complexity index is 1050. The Morgan fingerprint density at radius 1 is 0.585 bits per heavy atom. The van der Waals surface area contributed by atoms with E-state index in [4.69, 9.17) is 14.2 Å². The van der Waals surface area contributed by atoms with Gasteiger partial charge in [-0.05, 0) is 51.4 Å². The van der Waals surface area contributed by atoms with E-state index in [0.717, 1.165) is 57.8 Å². The molecule has 1 N–H and O–H groups in total. The maximum absolute atomic E-state index is 12.7. The lowest BCUT2D eigenvalue weighted by atomic mass is 10.0. The van der Waals surface area contributed by atoms with Crippen LogP contribution in [0.25, 0.3) is 0 Å². The van der Waals surface area contributed by atoms with Crippen molar-refractivity contribution in [3.8, 4) is 0 Å². The van der Waals surface area contributed by atoms with Gasteiger partial charge in [0.15, 0.2) is 12.1 Å². The average molecular weight is 745 g/mol. The van der Waals surface area contributed by atoms with Crippen molar-refractivity contribution < 1.29 is 38.2 Å². The molecule has 0 radical (unpaired) electrons. The summed E-state index contributed by atoms with van der Waals surface area (Å²) in [6.07, 6.45) is 42.7. The smallest absolute Gasteiger partial charge is 0.362 e. The number of quaternary nitrogens is 1. The van der Waals surface area contributed by atoms with Gasteiger partial charge in [0.2, 0.25) is 0 Å². The normalized spacial score (nSPS) is 13.6. The van der Waals surface area contributed by atoms with Crippen LogP contribution >= 0.6 is 0 Å². The number of rotatable bonds is 36. The van der Waals surface area contributed by atoms with Gasteiger partial charge in [0.05, 0.1) is 34.4 Å². The van der Waals surface area contributed by atoms with E-state index < -0.39 is 18.1 Å². The van der Waals surface area contributed by atoms with Crippen molar-refractivity contribution in [2.24, 2.45) is 0 Å². The summed E-state index contributed by atoms with van der Waals surface area (Å²) in [5, 5.41) is 9.60. The lowest BCUT2D eigenvalue weighted by Gasteiger charge is -2.31. The number of ether oxygens (including phenoxy) is 3. The van der Waals surface area contributed by atoms with Crippen LogP contribution < -0.4 is 0 Å². The second kappa shape index (κ2) is 36.0.